The van der Waals surface area contributed by atoms with Crippen LogP contribution in [-0.4, -0.2) is 33.6 Å². The van der Waals surface area contributed by atoms with Gasteiger partial charge in [-0.1, -0.05) is 0 Å². The molecular formula is C16H20N6S. The van der Waals surface area contributed by atoms with Crippen LogP contribution < -0.4 is 10.2 Å². The van der Waals surface area contributed by atoms with E-state index in [4.69, 9.17) is 0 Å². The molecule has 0 unspecified atom stereocenters. The van der Waals surface area contributed by atoms with Gasteiger partial charge in [-0.3, -0.25) is 0 Å². The molecule has 0 saturated carbocycles. The number of rotatable bonds is 4. The number of thiophene rings is 1. The van der Waals surface area contributed by atoms with E-state index in [1.54, 1.807) is 6.33 Å². The fourth-order valence-corrected chi connectivity index (χ4v) is 4.48. The van der Waals surface area contributed by atoms with Crippen molar-refractivity contribution < 1.29 is 0 Å². The van der Waals surface area contributed by atoms with Gasteiger partial charge in [-0.25, -0.2) is 15.0 Å². The van der Waals surface area contributed by atoms with E-state index in [0.717, 1.165) is 28.7 Å². The van der Waals surface area contributed by atoms with Crippen LogP contribution in [0, 0.1) is 0 Å². The van der Waals surface area contributed by atoms with E-state index in [0.29, 0.717) is 6.54 Å². The third-order valence-electron chi connectivity index (χ3n) is 4.40. The Hall–Kier alpha value is -2.15. The molecule has 1 aliphatic rings. The molecule has 0 aromatic carbocycles. The van der Waals surface area contributed by atoms with Crippen LogP contribution in [0.3, 0.4) is 0 Å². The Morgan fingerprint density at radius 1 is 1.26 bits per heavy atom. The molecule has 4 rings (SSSR count). The fourth-order valence-electron chi connectivity index (χ4n) is 3.25. The number of nitrogens with one attached hydrogen (secondary N) is 1. The van der Waals surface area contributed by atoms with Crippen LogP contribution in [0.1, 0.15) is 22.6 Å². The van der Waals surface area contributed by atoms with Crippen LogP contribution in [0.25, 0.3) is 10.2 Å². The quantitative estimate of drug-likeness (QED) is 0.798. The summed E-state index contributed by atoms with van der Waals surface area (Å²) in [4.78, 5) is 18.0. The summed E-state index contributed by atoms with van der Waals surface area (Å²) in [6.45, 7) is 0.702. The highest BCUT2D eigenvalue weighted by molar-refractivity contribution is 7.19. The molecule has 1 aliphatic carbocycles. The predicted molar refractivity (Wildman–Crippen MR) is 94.3 cm³/mol. The predicted octanol–water partition coefficient (Wildman–Crippen LogP) is 2.59. The van der Waals surface area contributed by atoms with Gasteiger partial charge < -0.3 is 14.8 Å². The van der Waals surface area contributed by atoms with E-state index < -0.39 is 0 Å². The first-order valence-corrected chi connectivity index (χ1v) is 8.64. The molecule has 7 heteroatoms. The average Bonchev–Trinajstić information content (AvgIpc) is 3.19. The van der Waals surface area contributed by atoms with Gasteiger partial charge in [0.25, 0.3) is 0 Å². The summed E-state index contributed by atoms with van der Waals surface area (Å²) in [5.41, 5.74) is 2.58. The lowest BCUT2D eigenvalue weighted by molar-refractivity contribution is 0.813. The van der Waals surface area contributed by atoms with Gasteiger partial charge in [-0.2, -0.15) is 0 Å². The topological polar surface area (TPSA) is 58.9 Å². The lowest BCUT2D eigenvalue weighted by Gasteiger charge is -2.13. The number of hydrogen-bond donors (Lipinski definition) is 1. The van der Waals surface area contributed by atoms with Crippen molar-refractivity contribution in [3.63, 3.8) is 0 Å². The first-order chi connectivity index (χ1) is 11.1. The Kier molecular flexibility index (Phi) is 3.45. The lowest BCUT2D eigenvalue weighted by Crippen LogP contribution is -2.15. The zero-order valence-electron chi connectivity index (χ0n) is 13.6. The summed E-state index contributed by atoms with van der Waals surface area (Å²) < 4.78 is 2.10. The van der Waals surface area contributed by atoms with E-state index in [2.05, 4.69) is 24.8 Å². The minimum Gasteiger partial charge on any atom is -0.364 e. The minimum atomic E-state index is 0.702. The van der Waals surface area contributed by atoms with Gasteiger partial charge in [-0.15, -0.1) is 11.3 Å². The molecule has 0 atom stereocenters. The number of imidazole rings is 1. The Morgan fingerprint density at radius 2 is 2.13 bits per heavy atom. The highest BCUT2D eigenvalue weighted by Crippen LogP contribution is 2.39. The number of hydrogen-bond acceptors (Lipinski definition) is 6. The third kappa shape index (κ3) is 2.35. The second kappa shape index (κ2) is 5.49. The van der Waals surface area contributed by atoms with Crippen LogP contribution in [0.5, 0.6) is 0 Å². The van der Waals surface area contributed by atoms with Crippen molar-refractivity contribution in [1.29, 1.82) is 0 Å². The molecule has 0 aliphatic heterocycles. The normalized spacial score (nSPS) is 13.5. The average molecular weight is 328 g/mol. The molecule has 0 saturated heterocycles. The van der Waals surface area contributed by atoms with Gasteiger partial charge in [-0.05, 0) is 24.8 Å². The molecule has 3 aromatic heterocycles. The molecule has 0 bridgehead atoms. The van der Waals surface area contributed by atoms with Crippen molar-refractivity contribution in [2.24, 2.45) is 7.05 Å². The molecular weight excluding hydrogens is 308 g/mol. The van der Waals surface area contributed by atoms with Crippen molar-refractivity contribution >= 4 is 33.3 Å². The third-order valence-corrected chi connectivity index (χ3v) is 5.60. The second-order valence-corrected chi connectivity index (χ2v) is 7.20. The fraction of sp³-hybridized carbons (Fsp3) is 0.438. The van der Waals surface area contributed by atoms with Crippen molar-refractivity contribution in [3.8, 4) is 0 Å². The van der Waals surface area contributed by atoms with Crippen molar-refractivity contribution in [2.75, 3.05) is 24.3 Å². The standard InChI is InChI=1S/C16H20N6S/c1-21(2)16-18-8-10(22(16)3)7-17-14-13-11-5-4-6-12(11)23-15(13)20-9-19-14/h8-9H,4-7H2,1-3H3,(H,17,19,20). The van der Waals surface area contributed by atoms with Crippen LogP contribution >= 0.6 is 11.3 Å². The van der Waals surface area contributed by atoms with Crippen LogP contribution in [0.2, 0.25) is 0 Å². The SMILES string of the molecule is CN(C)c1ncc(CNc2ncnc3sc4c(c23)CCC4)n1C. The molecule has 0 amide bonds. The molecule has 120 valence electrons. The summed E-state index contributed by atoms with van der Waals surface area (Å²) in [6.07, 6.45) is 7.15. The van der Waals surface area contributed by atoms with E-state index in [9.17, 15) is 0 Å². The largest absolute Gasteiger partial charge is 0.364 e. The van der Waals surface area contributed by atoms with E-state index >= 15 is 0 Å². The van der Waals surface area contributed by atoms with Crippen molar-refractivity contribution in [3.05, 3.63) is 28.7 Å². The van der Waals surface area contributed by atoms with E-state index in [-0.39, 0.29) is 0 Å². The number of fused-ring (bicyclic) bond motifs is 3. The molecule has 3 aromatic rings. The Bertz CT molecular complexity index is 863. The van der Waals surface area contributed by atoms with Gasteiger partial charge in [0.1, 0.15) is 17.0 Å². The molecule has 0 radical (unpaired) electrons. The van der Waals surface area contributed by atoms with E-state index in [1.807, 2.05) is 43.6 Å². The van der Waals surface area contributed by atoms with Gasteiger partial charge in [0.05, 0.1) is 23.8 Å². The number of anilines is 2. The molecule has 0 fully saturated rings. The van der Waals surface area contributed by atoms with E-state index in [1.165, 1.54) is 28.7 Å². The van der Waals surface area contributed by atoms with Crippen LogP contribution in [-0.2, 0) is 26.4 Å². The summed E-state index contributed by atoms with van der Waals surface area (Å²) >= 11 is 1.82. The van der Waals surface area contributed by atoms with Crippen LogP contribution in [0.15, 0.2) is 12.5 Å². The molecule has 1 N–H and O–H groups in total. The Morgan fingerprint density at radius 3 is 2.91 bits per heavy atom. The van der Waals surface area contributed by atoms with Gasteiger partial charge in [0.2, 0.25) is 5.95 Å². The molecule has 6 nitrogen and oxygen atoms in total. The highest BCUT2D eigenvalue weighted by atomic mass is 32.1. The summed E-state index contributed by atoms with van der Waals surface area (Å²) in [6, 6.07) is 0. The maximum atomic E-state index is 4.49. The van der Waals surface area contributed by atoms with Crippen molar-refractivity contribution in [2.45, 2.75) is 25.8 Å². The maximum absolute atomic E-state index is 4.49. The first-order valence-electron chi connectivity index (χ1n) is 7.82. The summed E-state index contributed by atoms with van der Waals surface area (Å²) in [5, 5.41) is 4.71. The molecule has 3 heterocycles. The summed E-state index contributed by atoms with van der Waals surface area (Å²) in [5.74, 6) is 1.90. The molecule has 23 heavy (non-hydrogen) atoms. The number of aromatic nitrogens is 4. The Labute approximate surface area is 139 Å². The zero-order chi connectivity index (χ0) is 16.0. The van der Waals surface area contributed by atoms with Crippen molar-refractivity contribution in [1.82, 2.24) is 19.5 Å². The van der Waals surface area contributed by atoms with Gasteiger partial charge >= 0.3 is 0 Å². The first kappa shape index (κ1) is 14.4. The number of aryl methyl sites for hydroxylation is 2. The van der Waals surface area contributed by atoms with Gasteiger partial charge in [0.15, 0.2) is 0 Å². The monoisotopic (exact) mass is 328 g/mol. The van der Waals surface area contributed by atoms with Gasteiger partial charge in [0, 0.05) is 26.0 Å². The zero-order valence-corrected chi connectivity index (χ0v) is 14.4. The summed E-state index contributed by atoms with van der Waals surface area (Å²) in [7, 11) is 6.04. The molecule has 0 spiro atoms. The Balaban J connectivity index is 1.64. The second-order valence-electron chi connectivity index (χ2n) is 6.12. The smallest absolute Gasteiger partial charge is 0.204 e. The number of nitrogens with zero attached hydrogens (tertiary/aromatic N) is 5. The van der Waals surface area contributed by atoms with Crippen LogP contribution in [0.4, 0.5) is 11.8 Å². The maximum Gasteiger partial charge on any atom is 0.204 e. The highest BCUT2D eigenvalue weighted by Gasteiger charge is 2.21. The minimum absolute atomic E-state index is 0.702. The lowest BCUT2D eigenvalue weighted by atomic mass is 10.2.